The number of nitrogens with zero attached hydrogens (tertiary/aromatic N) is 1. The van der Waals surface area contributed by atoms with Crippen LogP contribution in [0.15, 0.2) is 18.3 Å². The van der Waals surface area contributed by atoms with Gasteiger partial charge in [0, 0.05) is 6.08 Å². The molecule has 0 aliphatic rings. The van der Waals surface area contributed by atoms with Crippen molar-refractivity contribution >= 4 is 17.7 Å². The van der Waals surface area contributed by atoms with Gasteiger partial charge in [-0.3, -0.25) is 10.1 Å². The van der Waals surface area contributed by atoms with Gasteiger partial charge in [0.25, 0.3) is 0 Å². The van der Waals surface area contributed by atoms with Crippen LogP contribution in [0.25, 0.3) is 6.08 Å². The third kappa shape index (κ3) is 2.87. The molecule has 0 spiro atoms. The minimum absolute atomic E-state index is 0.338. The maximum Gasteiger partial charge on any atom is 0.235 e. The van der Waals surface area contributed by atoms with Crippen LogP contribution in [0.5, 0.6) is 11.5 Å². The highest BCUT2D eigenvalue weighted by molar-refractivity contribution is 6.32. The van der Waals surface area contributed by atoms with E-state index >= 15 is 0 Å². The summed E-state index contributed by atoms with van der Waals surface area (Å²) < 4.78 is 10.1. The molecular weight excluding hydrogens is 234 g/mol. The maximum absolute atomic E-state index is 10.2. The van der Waals surface area contributed by atoms with E-state index in [4.69, 9.17) is 21.1 Å². The minimum Gasteiger partial charge on any atom is -0.493 e. The first-order valence-corrected chi connectivity index (χ1v) is 4.69. The van der Waals surface area contributed by atoms with E-state index in [1.165, 1.54) is 20.3 Å². The molecule has 0 atom stereocenters. The smallest absolute Gasteiger partial charge is 0.235 e. The number of benzene rings is 1. The van der Waals surface area contributed by atoms with E-state index in [1.807, 2.05) is 0 Å². The lowest BCUT2D eigenvalue weighted by Crippen LogP contribution is -1.92. The van der Waals surface area contributed by atoms with E-state index < -0.39 is 4.92 Å². The van der Waals surface area contributed by atoms with Crippen LogP contribution < -0.4 is 9.47 Å². The zero-order valence-electron chi connectivity index (χ0n) is 8.77. The molecule has 1 aromatic rings. The second-order valence-electron chi connectivity index (χ2n) is 2.84. The van der Waals surface area contributed by atoms with Gasteiger partial charge in [-0.25, -0.2) is 0 Å². The van der Waals surface area contributed by atoms with Gasteiger partial charge in [-0.15, -0.1) is 0 Å². The van der Waals surface area contributed by atoms with E-state index in [2.05, 4.69) is 0 Å². The summed E-state index contributed by atoms with van der Waals surface area (Å²) in [6, 6.07) is 3.16. The van der Waals surface area contributed by atoms with Crippen LogP contribution in [0, 0.1) is 10.1 Å². The SMILES string of the molecule is COc1cc(C=C[N+](=O)[O-])cc(Cl)c1OC. The van der Waals surface area contributed by atoms with Crippen LogP contribution in [0.1, 0.15) is 5.56 Å². The summed E-state index contributed by atoms with van der Waals surface area (Å²) in [5, 5.41) is 10.5. The molecule has 1 aromatic carbocycles. The summed E-state index contributed by atoms with van der Waals surface area (Å²) in [5.74, 6) is 0.834. The largest absolute Gasteiger partial charge is 0.493 e. The number of rotatable bonds is 4. The summed E-state index contributed by atoms with van der Waals surface area (Å²) >= 11 is 5.92. The first-order valence-electron chi connectivity index (χ1n) is 4.31. The van der Waals surface area contributed by atoms with Gasteiger partial charge in [0.2, 0.25) is 6.20 Å². The van der Waals surface area contributed by atoms with E-state index in [0.29, 0.717) is 22.1 Å². The minimum atomic E-state index is -0.551. The summed E-state index contributed by atoms with van der Waals surface area (Å²) in [6.45, 7) is 0. The van der Waals surface area contributed by atoms with E-state index in [-0.39, 0.29) is 0 Å². The first kappa shape index (κ1) is 12.3. The van der Waals surface area contributed by atoms with Gasteiger partial charge < -0.3 is 9.47 Å². The second kappa shape index (κ2) is 5.37. The molecule has 6 heteroatoms. The Morgan fingerprint density at radius 2 is 2.06 bits per heavy atom. The van der Waals surface area contributed by atoms with Crippen LogP contribution >= 0.6 is 11.6 Å². The first-order chi connectivity index (χ1) is 7.58. The van der Waals surface area contributed by atoms with Crippen LogP contribution in [0.3, 0.4) is 0 Å². The van der Waals surface area contributed by atoms with Crippen molar-refractivity contribution in [3.8, 4) is 11.5 Å². The van der Waals surface area contributed by atoms with Crippen molar-refractivity contribution in [2.24, 2.45) is 0 Å². The topological polar surface area (TPSA) is 61.6 Å². The fraction of sp³-hybridized carbons (Fsp3) is 0.200. The normalized spacial score (nSPS) is 10.4. The van der Waals surface area contributed by atoms with Crippen LogP contribution in [-0.4, -0.2) is 19.1 Å². The van der Waals surface area contributed by atoms with Crippen molar-refractivity contribution in [3.63, 3.8) is 0 Å². The molecular formula is C10H10ClNO4. The average Bonchev–Trinajstić information content (AvgIpc) is 2.25. The van der Waals surface area contributed by atoms with Crippen molar-refractivity contribution < 1.29 is 14.4 Å². The molecule has 0 saturated carbocycles. The van der Waals surface area contributed by atoms with E-state index in [1.54, 1.807) is 12.1 Å². The molecule has 5 nitrogen and oxygen atoms in total. The fourth-order valence-electron chi connectivity index (χ4n) is 1.18. The van der Waals surface area contributed by atoms with Gasteiger partial charge in [-0.05, 0) is 17.7 Å². The summed E-state index contributed by atoms with van der Waals surface area (Å²) in [4.78, 5) is 9.61. The highest BCUT2D eigenvalue weighted by Crippen LogP contribution is 2.36. The zero-order valence-corrected chi connectivity index (χ0v) is 9.52. The molecule has 0 unspecified atom stereocenters. The van der Waals surface area contributed by atoms with E-state index in [9.17, 15) is 10.1 Å². The Bertz CT molecular complexity index is 431. The predicted molar refractivity (Wildman–Crippen MR) is 60.6 cm³/mol. The van der Waals surface area contributed by atoms with E-state index in [0.717, 1.165) is 6.20 Å². The number of ether oxygens (including phenoxy) is 2. The van der Waals surface area contributed by atoms with Gasteiger partial charge >= 0.3 is 0 Å². The summed E-state index contributed by atoms with van der Waals surface area (Å²) in [5.41, 5.74) is 0.569. The lowest BCUT2D eigenvalue weighted by molar-refractivity contribution is -0.400. The highest BCUT2D eigenvalue weighted by atomic mass is 35.5. The Morgan fingerprint density at radius 3 is 2.56 bits per heavy atom. The number of hydrogen-bond acceptors (Lipinski definition) is 4. The lowest BCUT2D eigenvalue weighted by Gasteiger charge is -2.09. The maximum atomic E-state index is 10.2. The van der Waals surface area contributed by atoms with Crippen molar-refractivity contribution in [1.29, 1.82) is 0 Å². The number of nitro groups is 1. The molecule has 1 rings (SSSR count). The number of hydrogen-bond donors (Lipinski definition) is 0. The van der Waals surface area contributed by atoms with Crippen LogP contribution in [0.2, 0.25) is 5.02 Å². The third-order valence-electron chi connectivity index (χ3n) is 1.84. The molecule has 16 heavy (non-hydrogen) atoms. The Labute approximate surface area is 97.4 Å². The Balaban J connectivity index is 3.15. The third-order valence-corrected chi connectivity index (χ3v) is 2.13. The predicted octanol–water partition coefficient (Wildman–Crippen LogP) is 2.60. The molecule has 0 N–H and O–H groups in total. The molecule has 86 valence electrons. The Morgan fingerprint density at radius 1 is 1.38 bits per heavy atom. The summed E-state index contributed by atoms with van der Waals surface area (Å²) in [7, 11) is 2.94. The fourth-order valence-corrected chi connectivity index (χ4v) is 1.48. The summed E-state index contributed by atoms with van der Waals surface area (Å²) in [6.07, 6.45) is 2.16. The van der Waals surface area contributed by atoms with Gasteiger partial charge in [-0.1, -0.05) is 11.6 Å². The standard InChI is InChI=1S/C10H10ClNO4/c1-15-9-6-7(3-4-12(13)14)5-8(11)10(9)16-2/h3-6H,1-2H3. The molecule has 0 amide bonds. The second-order valence-corrected chi connectivity index (χ2v) is 3.25. The molecule has 0 heterocycles. The Hall–Kier alpha value is -1.75. The van der Waals surface area contributed by atoms with Gasteiger partial charge in [0.15, 0.2) is 11.5 Å². The Kier molecular flexibility index (Phi) is 4.13. The zero-order chi connectivity index (χ0) is 12.1. The van der Waals surface area contributed by atoms with Gasteiger partial charge in [0.05, 0.1) is 24.2 Å². The monoisotopic (exact) mass is 243 g/mol. The lowest BCUT2D eigenvalue weighted by atomic mass is 10.2. The molecule has 0 fully saturated rings. The van der Waals surface area contributed by atoms with Crippen molar-refractivity contribution in [3.05, 3.63) is 39.0 Å². The molecule has 0 saturated heterocycles. The average molecular weight is 244 g/mol. The van der Waals surface area contributed by atoms with Crippen molar-refractivity contribution in [2.75, 3.05) is 14.2 Å². The highest BCUT2D eigenvalue weighted by Gasteiger charge is 2.09. The molecule has 0 aliphatic heterocycles. The molecule has 0 radical (unpaired) electrons. The van der Waals surface area contributed by atoms with Crippen LogP contribution in [-0.2, 0) is 0 Å². The van der Waals surface area contributed by atoms with Crippen molar-refractivity contribution in [2.45, 2.75) is 0 Å². The molecule has 0 aromatic heterocycles. The van der Waals surface area contributed by atoms with Gasteiger partial charge in [-0.2, -0.15) is 0 Å². The molecule has 0 aliphatic carbocycles. The van der Waals surface area contributed by atoms with Crippen molar-refractivity contribution in [1.82, 2.24) is 0 Å². The number of halogens is 1. The number of methoxy groups -OCH3 is 2. The quantitative estimate of drug-likeness (QED) is 0.602. The van der Waals surface area contributed by atoms with Crippen LogP contribution in [0.4, 0.5) is 0 Å². The van der Waals surface area contributed by atoms with Gasteiger partial charge in [0.1, 0.15) is 0 Å². The molecule has 0 bridgehead atoms.